The molecule has 0 atom stereocenters. The zero-order valence-corrected chi connectivity index (χ0v) is 8.31. The molecule has 0 unspecified atom stereocenters. The van der Waals surface area contributed by atoms with Gasteiger partial charge in [-0.2, -0.15) is 0 Å². The maximum absolute atomic E-state index is 5.80. The van der Waals surface area contributed by atoms with Crippen molar-refractivity contribution in [3.05, 3.63) is 22.6 Å². The van der Waals surface area contributed by atoms with Gasteiger partial charge >= 0.3 is 0 Å². The minimum absolute atomic E-state index is 0.197. The van der Waals surface area contributed by atoms with Gasteiger partial charge in [-0.25, -0.2) is 0 Å². The van der Waals surface area contributed by atoms with Gasteiger partial charge in [-0.1, -0.05) is 0 Å². The third-order valence-electron chi connectivity index (χ3n) is 1.25. The second kappa shape index (κ2) is 2.99. The lowest BCUT2D eigenvalue weighted by Crippen LogP contribution is -2.34. The third kappa shape index (κ3) is 3.08. The van der Waals surface area contributed by atoms with E-state index in [4.69, 9.17) is 10.2 Å². The Kier molecular flexibility index (Phi) is 2.40. The van der Waals surface area contributed by atoms with Crippen LogP contribution in [0.25, 0.3) is 0 Å². The van der Waals surface area contributed by atoms with Crippen LogP contribution in [0.2, 0.25) is 0 Å². The van der Waals surface area contributed by atoms with E-state index >= 15 is 0 Å². The fourth-order valence-electron chi connectivity index (χ4n) is 0.896. The number of furan rings is 1. The molecule has 0 aliphatic heterocycles. The first kappa shape index (κ1) is 8.81. The molecule has 2 nitrogen and oxygen atoms in total. The Morgan fingerprint density at radius 3 is 2.64 bits per heavy atom. The Balaban J connectivity index is 2.65. The van der Waals surface area contributed by atoms with Gasteiger partial charge in [0.25, 0.3) is 0 Å². The Morgan fingerprint density at radius 2 is 2.27 bits per heavy atom. The van der Waals surface area contributed by atoms with E-state index in [1.54, 1.807) is 6.26 Å². The summed E-state index contributed by atoms with van der Waals surface area (Å²) >= 11 is 3.31. The summed E-state index contributed by atoms with van der Waals surface area (Å²) in [6.07, 6.45) is 2.43. The first-order valence-corrected chi connectivity index (χ1v) is 4.28. The van der Waals surface area contributed by atoms with Crippen LogP contribution in [0.1, 0.15) is 19.6 Å². The van der Waals surface area contributed by atoms with E-state index in [0.29, 0.717) is 0 Å². The van der Waals surface area contributed by atoms with Crippen molar-refractivity contribution in [2.75, 3.05) is 0 Å². The molecule has 1 rings (SSSR count). The molecule has 1 aromatic rings. The van der Waals surface area contributed by atoms with Gasteiger partial charge in [-0.15, -0.1) is 0 Å². The van der Waals surface area contributed by atoms with Gasteiger partial charge in [0.1, 0.15) is 12.0 Å². The van der Waals surface area contributed by atoms with Crippen LogP contribution in [-0.4, -0.2) is 5.54 Å². The van der Waals surface area contributed by atoms with Crippen molar-refractivity contribution in [2.24, 2.45) is 5.73 Å². The van der Waals surface area contributed by atoms with E-state index in [0.717, 1.165) is 16.7 Å². The van der Waals surface area contributed by atoms with E-state index in [9.17, 15) is 0 Å². The number of hydrogen-bond donors (Lipinski definition) is 1. The van der Waals surface area contributed by atoms with Gasteiger partial charge in [0.15, 0.2) is 0 Å². The summed E-state index contributed by atoms with van der Waals surface area (Å²) in [5, 5.41) is 0. The predicted molar refractivity (Wildman–Crippen MR) is 48.4 cm³/mol. The molecule has 11 heavy (non-hydrogen) atoms. The largest absolute Gasteiger partial charge is 0.468 e. The van der Waals surface area contributed by atoms with E-state index < -0.39 is 0 Å². The van der Waals surface area contributed by atoms with Crippen LogP contribution >= 0.6 is 15.9 Å². The topological polar surface area (TPSA) is 39.2 Å². The standard InChI is InChI=1S/C8H12BrNO/c1-8(2,10)4-7-3-6(9)5-11-7/h3,5H,4,10H2,1-2H3. The average molecular weight is 218 g/mol. The molecule has 1 heterocycles. The number of halogens is 1. The van der Waals surface area contributed by atoms with E-state index in [1.165, 1.54) is 0 Å². The molecule has 0 aliphatic carbocycles. The zero-order chi connectivity index (χ0) is 8.48. The summed E-state index contributed by atoms with van der Waals surface area (Å²) in [7, 11) is 0. The first-order chi connectivity index (χ1) is 4.97. The Bertz CT molecular complexity index is 236. The SMILES string of the molecule is CC(C)(N)Cc1cc(Br)co1. The molecule has 62 valence electrons. The van der Waals surface area contributed by atoms with Crippen LogP contribution in [0, 0.1) is 0 Å². The van der Waals surface area contributed by atoms with Gasteiger partial charge in [-0.05, 0) is 35.8 Å². The second-order valence-electron chi connectivity index (χ2n) is 3.40. The van der Waals surface area contributed by atoms with Crippen molar-refractivity contribution in [1.29, 1.82) is 0 Å². The molecule has 0 radical (unpaired) electrons. The molecular weight excluding hydrogens is 206 g/mol. The lowest BCUT2D eigenvalue weighted by Gasteiger charge is -2.15. The lowest BCUT2D eigenvalue weighted by molar-refractivity contribution is 0.430. The van der Waals surface area contributed by atoms with Gasteiger partial charge in [0.05, 0.1) is 4.47 Å². The Morgan fingerprint density at radius 1 is 1.64 bits per heavy atom. The average Bonchev–Trinajstić information content (AvgIpc) is 2.10. The predicted octanol–water partition coefficient (Wildman–Crippen LogP) is 2.32. The van der Waals surface area contributed by atoms with Crippen LogP contribution in [0.5, 0.6) is 0 Å². The van der Waals surface area contributed by atoms with Crippen LogP contribution in [0.3, 0.4) is 0 Å². The summed E-state index contributed by atoms with van der Waals surface area (Å²) < 4.78 is 6.18. The summed E-state index contributed by atoms with van der Waals surface area (Å²) in [5.41, 5.74) is 5.60. The van der Waals surface area contributed by atoms with Crippen molar-refractivity contribution in [3.63, 3.8) is 0 Å². The number of hydrogen-bond acceptors (Lipinski definition) is 2. The minimum atomic E-state index is -0.197. The highest BCUT2D eigenvalue weighted by Crippen LogP contribution is 2.17. The normalized spacial score (nSPS) is 12.0. The van der Waals surface area contributed by atoms with Gasteiger partial charge in [0, 0.05) is 12.0 Å². The van der Waals surface area contributed by atoms with Gasteiger partial charge in [-0.3, -0.25) is 0 Å². The second-order valence-corrected chi connectivity index (χ2v) is 4.31. The van der Waals surface area contributed by atoms with E-state index in [2.05, 4.69) is 15.9 Å². The van der Waals surface area contributed by atoms with Crippen LogP contribution < -0.4 is 5.73 Å². The van der Waals surface area contributed by atoms with Crippen LogP contribution in [0.4, 0.5) is 0 Å². The summed E-state index contributed by atoms with van der Waals surface area (Å²) in [6.45, 7) is 3.95. The highest BCUT2D eigenvalue weighted by atomic mass is 79.9. The molecule has 0 bridgehead atoms. The van der Waals surface area contributed by atoms with Crippen molar-refractivity contribution in [1.82, 2.24) is 0 Å². The number of rotatable bonds is 2. The Labute approximate surface area is 74.9 Å². The summed E-state index contributed by atoms with van der Waals surface area (Å²) in [5.74, 6) is 0.921. The summed E-state index contributed by atoms with van der Waals surface area (Å²) in [4.78, 5) is 0. The van der Waals surface area contributed by atoms with E-state index in [-0.39, 0.29) is 5.54 Å². The highest BCUT2D eigenvalue weighted by molar-refractivity contribution is 9.10. The summed E-state index contributed by atoms with van der Waals surface area (Å²) in [6, 6.07) is 1.94. The molecule has 0 fully saturated rings. The van der Waals surface area contributed by atoms with Gasteiger partial charge < -0.3 is 10.2 Å². The maximum Gasteiger partial charge on any atom is 0.106 e. The molecule has 1 aromatic heterocycles. The van der Waals surface area contributed by atoms with Crippen molar-refractivity contribution in [3.8, 4) is 0 Å². The maximum atomic E-state index is 5.80. The molecule has 0 aliphatic rings. The fraction of sp³-hybridized carbons (Fsp3) is 0.500. The molecule has 0 spiro atoms. The van der Waals surface area contributed by atoms with E-state index in [1.807, 2.05) is 19.9 Å². The van der Waals surface area contributed by atoms with Gasteiger partial charge in [0.2, 0.25) is 0 Å². The highest BCUT2D eigenvalue weighted by Gasteiger charge is 2.13. The molecule has 2 N–H and O–H groups in total. The van der Waals surface area contributed by atoms with Crippen LogP contribution in [-0.2, 0) is 6.42 Å². The third-order valence-corrected chi connectivity index (χ3v) is 1.67. The Hall–Kier alpha value is -0.280. The van der Waals surface area contributed by atoms with Crippen LogP contribution in [0.15, 0.2) is 21.2 Å². The lowest BCUT2D eigenvalue weighted by atomic mass is 10.0. The smallest absolute Gasteiger partial charge is 0.106 e. The fourth-order valence-corrected chi connectivity index (χ4v) is 1.24. The molecule has 0 saturated heterocycles. The van der Waals surface area contributed by atoms with Crippen molar-refractivity contribution < 1.29 is 4.42 Å². The molecular formula is C8H12BrNO. The molecule has 3 heteroatoms. The molecule has 0 saturated carbocycles. The monoisotopic (exact) mass is 217 g/mol. The molecule has 0 aromatic carbocycles. The minimum Gasteiger partial charge on any atom is -0.468 e. The quantitative estimate of drug-likeness (QED) is 0.827. The zero-order valence-electron chi connectivity index (χ0n) is 6.73. The van der Waals surface area contributed by atoms with Crippen molar-refractivity contribution in [2.45, 2.75) is 25.8 Å². The first-order valence-electron chi connectivity index (χ1n) is 3.49. The number of nitrogens with two attached hydrogens (primary N) is 1. The molecule has 0 amide bonds. The van der Waals surface area contributed by atoms with Crippen molar-refractivity contribution >= 4 is 15.9 Å².